The van der Waals surface area contributed by atoms with E-state index in [1.165, 1.54) is 15.6 Å². The van der Waals surface area contributed by atoms with E-state index in [4.69, 9.17) is 0 Å². The Hall–Kier alpha value is -2.41. The number of thiazole rings is 1. The first-order valence-electron chi connectivity index (χ1n) is 9.09. The Morgan fingerprint density at radius 3 is 2.88 bits per heavy atom. The number of hydrogen-bond acceptors (Lipinski definition) is 4. The van der Waals surface area contributed by atoms with Crippen LogP contribution in [0.1, 0.15) is 35.1 Å². The van der Waals surface area contributed by atoms with Crippen molar-refractivity contribution in [3.8, 4) is 0 Å². The molecule has 0 bridgehead atoms. The van der Waals surface area contributed by atoms with Crippen LogP contribution in [0, 0.1) is 6.92 Å². The maximum absolute atomic E-state index is 4.66. The SMILES string of the molecule is CCNC(=NCc1cn2c(C)cccc2n1)NCCc1ncc(CC)s1. The lowest BCUT2D eigenvalue weighted by molar-refractivity contribution is 0.794. The fraction of sp³-hybridized carbons (Fsp3) is 0.421. The normalized spacial score (nSPS) is 11.9. The minimum Gasteiger partial charge on any atom is -0.357 e. The summed E-state index contributed by atoms with van der Waals surface area (Å²) in [5.74, 6) is 0.813. The van der Waals surface area contributed by atoms with E-state index in [1.54, 1.807) is 11.3 Å². The molecule has 0 fully saturated rings. The van der Waals surface area contributed by atoms with Gasteiger partial charge in [-0.25, -0.2) is 15.0 Å². The first kappa shape index (κ1) is 18.4. The molecule has 7 heteroatoms. The van der Waals surface area contributed by atoms with Crippen LogP contribution in [0.3, 0.4) is 0 Å². The second kappa shape index (κ2) is 8.80. The van der Waals surface area contributed by atoms with Crippen LogP contribution in [0.5, 0.6) is 0 Å². The van der Waals surface area contributed by atoms with Crippen molar-refractivity contribution in [1.82, 2.24) is 25.0 Å². The van der Waals surface area contributed by atoms with Gasteiger partial charge in [0.05, 0.1) is 17.2 Å². The van der Waals surface area contributed by atoms with Gasteiger partial charge in [0, 0.05) is 42.5 Å². The van der Waals surface area contributed by atoms with E-state index < -0.39 is 0 Å². The number of nitrogens with one attached hydrogen (secondary N) is 2. The molecule has 0 aliphatic carbocycles. The number of aliphatic imine (C=N–C) groups is 1. The van der Waals surface area contributed by atoms with Crippen LogP contribution in [-0.4, -0.2) is 33.4 Å². The molecule has 0 saturated heterocycles. The second-order valence-electron chi connectivity index (χ2n) is 6.07. The van der Waals surface area contributed by atoms with Crippen LogP contribution in [0.15, 0.2) is 35.6 Å². The Morgan fingerprint density at radius 2 is 2.15 bits per heavy atom. The van der Waals surface area contributed by atoms with Crippen molar-refractivity contribution in [2.45, 2.75) is 40.2 Å². The van der Waals surface area contributed by atoms with Crippen LogP contribution in [0.4, 0.5) is 0 Å². The first-order valence-corrected chi connectivity index (χ1v) is 9.90. The van der Waals surface area contributed by atoms with Gasteiger partial charge in [0.15, 0.2) is 5.96 Å². The van der Waals surface area contributed by atoms with Crippen molar-refractivity contribution >= 4 is 22.9 Å². The minimum atomic E-state index is 0.549. The summed E-state index contributed by atoms with van der Waals surface area (Å²) in [6.07, 6.45) is 5.99. The van der Waals surface area contributed by atoms with Gasteiger partial charge in [0.25, 0.3) is 0 Å². The third-order valence-corrected chi connectivity index (χ3v) is 5.27. The summed E-state index contributed by atoms with van der Waals surface area (Å²) >= 11 is 1.79. The summed E-state index contributed by atoms with van der Waals surface area (Å²) < 4.78 is 2.10. The second-order valence-corrected chi connectivity index (χ2v) is 7.27. The summed E-state index contributed by atoms with van der Waals surface area (Å²) in [6, 6.07) is 6.12. The Morgan fingerprint density at radius 1 is 1.27 bits per heavy atom. The predicted molar refractivity (Wildman–Crippen MR) is 108 cm³/mol. The smallest absolute Gasteiger partial charge is 0.191 e. The van der Waals surface area contributed by atoms with Crippen molar-refractivity contribution in [1.29, 1.82) is 0 Å². The maximum atomic E-state index is 4.66. The number of guanidine groups is 1. The lowest BCUT2D eigenvalue weighted by atomic mass is 10.4. The van der Waals surface area contributed by atoms with Crippen molar-refractivity contribution in [3.05, 3.63) is 51.9 Å². The van der Waals surface area contributed by atoms with Gasteiger partial charge in [-0.15, -0.1) is 11.3 Å². The minimum absolute atomic E-state index is 0.549. The van der Waals surface area contributed by atoms with Crippen LogP contribution in [0.2, 0.25) is 0 Å². The van der Waals surface area contributed by atoms with E-state index in [0.29, 0.717) is 6.54 Å². The van der Waals surface area contributed by atoms with E-state index in [-0.39, 0.29) is 0 Å². The van der Waals surface area contributed by atoms with Gasteiger partial charge >= 0.3 is 0 Å². The number of nitrogens with zero attached hydrogens (tertiary/aromatic N) is 4. The Balaban J connectivity index is 1.59. The molecule has 0 atom stereocenters. The topological polar surface area (TPSA) is 66.6 Å². The van der Waals surface area contributed by atoms with Gasteiger partial charge in [0.1, 0.15) is 5.65 Å². The number of pyridine rings is 1. The van der Waals surface area contributed by atoms with E-state index in [9.17, 15) is 0 Å². The lowest BCUT2D eigenvalue weighted by Gasteiger charge is -2.10. The molecule has 3 rings (SSSR count). The summed E-state index contributed by atoms with van der Waals surface area (Å²) in [5.41, 5.74) is 3.10. The van der Waals surface area contributed by atoms with Crippen molar-refractivity contribution < 1.29 is 0 Å². The van der Waals surface area contributed by atoms with Crippen LogP contribution in [0.25, 0.3) is 5.65 Å². The van der Waals surface area contributed by atoms with E-state index in [0.717, 1.165) is 43.2 Å². The number of aryl methyl sites for hydroxylation is 2. The molecule has 6 nitrogen and oxygen atoms in total. The van der Waals surface area contributed by atoms with Crippen LogP contribution in [-0.2, 0) is 19.4 Å². The van der Waals surface area contributed by atoms with Gasteiger partial charge in [-0.3, -0.25) is 0 Å². The number of fused-ring (bicyclic) bond motifs is 1. The Labute approximate surface area is 158 Å². The molecule has 3 aromatic rings. The molecule has 3 aromatic heterocycles. The van der Waals surface area contributed by atoms with Crippen molar-refractivity contribution in [2.24, 2.45) is 4.99 Å². The lowest BCUT2D eigenvalue weighted by Crippen LogP contribution is -2.38. The number of hydrogen-bond donors (Lipinski definition) is 2. The van der Waals surface area contributed by atoms with Crippen LogP contribution >= 0.6 is 11.3 Å². The average molecular weight is 371 g/mol. The zero-order valence-electron chi connectivity index (χ0n) is 15.6. The van der Waals surface area contributed by atoms with Gasteiger partial charge in [0.2, 0.25) is 0 Å². The number of rotatable bonds is 7. The third kappa shape index (κ3) is 4.60. The van der Waals surface area contributed by atoms with Crippen molar-refractivity contribution in [3.63, 3.8) is 0 Å². The van der Waals surface area contributed by atoms with Crippen molar-refractivity contribution in [2.75, 3.05) is 13.1 Å². The molecule has 0 aliphatic rings. The maximum Gasteiger partial charge on any atom is 0.191 e. The van der Waals surface area contributed by atoms with E-state index in [1.807, 2.05) is 18.3 Å². The summed E-state index contributed by atoms with van der Waals surface area (Å²) in [5, 5.41) is 7.84. The molecule has 0 radical (unpaired) electrons. The molecule has 0 aromatic carbocycles. The van der Waals surface area contributed by atoms with Gasteiger partial charge in [-0.05, 0) is 32.4 Å². The summed E-state index contributed by atoms with van der Waals surface area (Å²) in [4.78, 5) is 15.1. The fourth-order valence-electron chi connectivity index (χ4n) is 2.69. The Kier molecular flexibility index (Phi) is 6.22. The summed E-state index contributed by atoms with van der Waals surface area (Å²) in [6.45, 7) is 8.50. The average Bonchev–Trinajstić information content (AvgIpc) is 3.27. The molecule has 3 heterocycles. The predicted octanol–water partition coefficient (Wildman–Crippen LogP) is 2.96. The highest BCUT2D eigenvalue weighted by Gasteiger charge is 2.05. The molecule has 0 spiro atoms. The Bertz CT molecular complexity index is 879. The highest BCUT2D eigenvalue weighted by molar-refractivity contribution is 7.11. The zero-order chi connectivity index (χ0) is 18.4. The van der Waals surface area contributed by atoms with Gasteiger partial charge < -0.3 is 15.0 Å². The number of imidazole rings is 1. The van der Waals surface area contributed by atoms with Crippen LogP contribution < -0.4 is 10.6 Å². The highest BCUT2D eigenvalue weighted by Crippen LogP contribution is 2.13. The molecule has 0 unspecified atom stereocenters. The molecule has 138 valence electrons. The molecule has 0 aliphatic heterocycles. The standard InChI is InChI=1S/C19H26N6S/c1-4-16-12-22-18(26-16)9-10-21-19(20-5-2)23-11-15-13-25-14(3)7-6-8-17(25)24-15/h6-8,12-13H,4-5,9-11H2,1-3H3,(H2,20,21,23). The molecule has 26 heavy (non-hydrogen) atoms. The van der Waals surface area contributed by atoms with E-state index >= 15 is 0 Å². The number of aromatic nitrogens is 3. The highest BCUT2D eigenvalue weighted by atomic mass is 32.1. The fourth-order valence-corrected chi connectivity index (χ4v) is 3.55. The molecule has 2 N–H and O–H groups in total. The molecule has 0 saturated carbocycles. The first-order chi connectivity index (χ1) is 12.7. The molecular weight excluding hydrogens is 344 g/mol. The summed E-state index contributed by atoms with van der Waals surface area (Å²) in [7, 11) is 0. The van der Waals surface area contributed by atoms with E-state index in [2.05, 4.69) is 63.0 Å². The third-order valence-electron chi connectivity index (χ3n) is 4.07. The van der Waals surface area contributed by atoms with Gasteiger partial charge in [-0.1, -0.05) is 13.0 Å². The molecular formula is C19H26N6S. The monoisotopic (exact) mass is 370 g/mol. The van der Waals surface area contributed by atoms with Gasteiger partial charge in [-0.2, -0.15) is 0 Å². The molecule has 0 amide bonds. The largest absolute Gasteiger partial charge is 0.357 e. The zero-order valence-corrected chi connectivity index (χ0v) is 16.4. The quantitative estimate of drug-likeness (QED) is 0.496.